The second-order valence-corrected chi connectivity index (χ2v) is 3.21. The Balaban J connectivity index is 2.51. The first kappa shape index (κ1) is 10.4. The lowest BCUT2D eigenvalue weighted by Gasteiger charge is -2.16. The molecule has 0 spiro atoms. The highest BCUT2D eigenvalue weighted by molar-refractivity contribution is 6.25. The van der Waals surface area contributed by atoms with Crippen LogP contribution in [0, 0.1) is 0 Å². The number of rotatable bonds is 2. The minimum absolute atomic E-state index is 0.275. The number of ether oxygens (including phenoxy) is 2. The molecule has 0 radical (unpaired) electrons. The molecule has 0 fully saturated rings. The number of hydrogen-bond acceptors (Lipinski definition) is 4. The number of carbonyl (C=O) groups excluding carboxylic acids is 2. The molecule has 1 aliphatic heterocycles. The van der Waals surface area contributed by atoms with Gasteiger partial charge in [0.05, 0.1) is 18.4 Å². The van der Waals surface area contributed by atoms with E-state index < -0.39 is 11.9 Å². The van der Waals surface area contributed by atoms with E-state index in [-0.39, 0.29) is 5.57 Å². The molecule has 0 aromatic heterocycles. The van der Waals surface area contributed by atoms with Gasteiger partial charge in [-0.05, 0) is 13.0 Å². The van der Waals surface area contributed by atoms with Crippen molar-refractivity contribution in [1.82, 2.24) is 0 Å². The molecular weight excluding hydrogens is 208 g/mol. The summed E-state index contributed by atoms with van der Waals surface area (Å²) < 4.78 is 9.66. The van der Waals surface area contributed by atoms with Crippen molar-refractivity contribution < 1.29 is 19.1 Å². The number of fused-ring (bicyclic) bond motifs is 1. The maximum Gasteiger partial charge on any atom is 0.349 e. The SMILES string of the molecule is CCOC=C1C(=O)OC(=O)c2ccccc21. The molecule has 16 heavy (non-hydrogen) atoms. The van der Waals surface area contributed by atoms with Gasteiger partial charge in [-0.1, -0.05) is 18.2 Å². The van der Waals surface area contributed by atoms with E-state index in [1.165, 1.54) is 6.26 Å². The maximum atomic E-state index is 11.5. The predicted octanol–water partition coefficient (Wildman–Crippen LogP) is 1.76. The summed E-state index contributed by atoms with van der Waals surface area (Å²) in [5.41, 5.74) is 1.21. The Hall–Kier alpha value is -2.10. The summed E-state index contributed by atoms with van der Waals surface area (Å²) in [5.74, 6) is -1.29. The summed E-state index contributed by atoms with van der Waals surface area (Å²) >= 11 is 0. The Kier molecular flexibility index (Phi) is 2.72. The largest absolute Gasteiger partial charge is 0.501 e. The average molecular weight is 218 g/mol. The van der Waals surface area contributed by atoms with E-state index in [0.29, 0.717) is 17.7 Å². The molecule has 0 aliphatic carbocycles. The third kappa shape index (κ3) is 1.69. The maximum absolute atomic E-state index is 11.5. The van der Waals surface area contributed by atoms with Gasteiger partial charge in [0.2, 0.25) is 0 Å². The van der Waals surface area contributed by atoms with Gasteiger partial charge in [-0.3, -0.25) is 0 Å². The van der Waals surface area contributed by atoms with Gasteiger partial charge in [-0.25, -0.2) is 9.59 Å². The summed E-state index contributed by atoms with van der Waals surface area (Å²) in [4.78, 5) is 22.9. The van der Waals surface area contributed by atoms with Crippen LogP contribution < -0.4 is 0 Å². The van der Waals surface area contributed by atoms with Crippen LogP contribution in [0.2, 0.25) is 0 Å². The molecule has 4 heteroatoms. The zero-order valence-corrected chi connectivity index (χ0v) is 8.73. The quantitative estimate of drug-likeness (QED) is 0.328. The molecule has 0 saturated carbocycles. The van der Waals surface area contributed by atoms with Gasteiger partial charge in [0.15, 0.2) is 0 Å². The summed E-state index contributed by atoms with van der Waals surface area (Å²) in [6.45, 7) is 2.26. The molecule has 0 bridgehead atoms. The van der Waals surface area contributed by atoms with Gasteiger partial charge in [-0.15, -0.1) is 0 Å². The molecule has 0 amide bonds. The van der Waals surface area contributed by atoms with Crippen molar-refractivity contribution in [2.45, 2.75) is 6.92 Å². The summed E-state index contributed by atoms with van der Waals surface area (Å²) in [6.07, 6.45) is 1.33. The highest BCUT2D eigenvalue weighted by Crippen LogP contribution is 2.26. The van der Waals surface area contributed by atoms with Crippen molar-refractivity contribution in [3.8, 4) is 0 Å². The first-order valence-corrected chi connectivity index (χ1v) is 4.91. The minimum Gasteiger partial charge on any atom is -0.501 e. The Labute approximate surface area is 92.5 Å². The second kappa shape index (κ2) is 4.18. The molecule has 0 unspecified atom stereocenters. The fourth-order valence-corrected chi connectivity index (χ4v) is 1.48. The smallest absolute Gasteiger partial charge is 0.349 e. The lowest BCUT2D eigenvalue weighted by molar-refractivity contribution is -0.131. The third-order valence-electron chi connectivity index (χ3n) is 2.21. The number of esters is 2. The van der Waals surface area contributed by atoms with E-state index in [1.807, 2.05) is 6.92 Å². The van der Waals surface area contributed by atoms with E-state index in [4.69, 9.17) is 4.74 Å². The minimum atomic E-state index is -0.669. The molecule has 1 aromatic rings. The van der Waals surface area contributed by atoms with Gasteiger partial charge in [0, 0.05) is 5.56 Å². The van der Waals surface area contributed by atoms with Gasteiger partial charge in [0.1, 0.15) is 5.57 Å². The molecule has 4 nitrogen and oxygen atoms in total. The van der Waals surface area contributed by atoms with E-state index in [2.05, 4.69) is 4.74 Å². The van der Waals surface area contributed by atoms with E-state index >= 15 is 0 Å². The number of carbonyl (C=O) groups is 2. The van der Waals surface area contributed by atoms with Gasteiger partial charge in [0.25, 0.3) is 0 Å². The van der Waals surface area contributed by atoms with E-state index in [9.17, 15) is 9.59 Å². The van der Waals surface area contributed by atoms with Crippen molar-refractivity contribution in [2.24, 2.45) is 0 Å². The monoisotopic (exact) mass is 218 g/mol. The van der Waals surface area contributed by atoms with Crippen LogP contribution in [0.4, 0.5) is 0 Å². The Morgan fingerprint density at radius 1 is 1.19 bits per heavy atom. The molecule has 82 valence electrons. The fraction of sp³-hybridized carbons (Fsp3) is 0.167. The lowest BCUT2D eigenvalue weighted by atomic mass is 9.98. The van der Waals surface area contributed by atoms with Crippen LogP contribution in [0.1, 0.15) is 22.8 Å². The van der Waals surface area contributed by atoms with E-state index in [0.717, 1.165) is 0 Å². The topological polar surface area (TPSA) is 52.6 Å². The van der Waals surface area contributed by atoms with Gasteiger partial charge in [-0.2, -0.15) is 0 Å². The standard InChI is InChI=1S/C12H10O4/c1-2-15-7-10-8-5-3-4-6-9(8)11(13)16-12(10)14/h3-7H,2H2,1H3. The Bertz CT molecular complexity index is 474. The fourth-order valence-electron chi connectivity index (χ4n) is 1.48. The van der Waals surface area contributed by atoms with Crippen LogP contribution in [0.3, 0.4) is 0 Å². The van der Waals surface area contributed by atoms with Gasteiger partial charge < -0.3 is 9.47 Å². The number of cyclic esters (lactones) is 2. The number of benzene rings is 1. The summed E-state index contributed by atoms with van der Waals surface area (Å²) in [5, 5.41) is 0. The molecule has 1 aromatic carbocycles. The first-order chi connectivity index (χ1) is 7.74. The molecule has 1 heterocycles. The van der Waals surface area contributed by atoms with Crippen molar-refractivity contribution in [1.29, 1.82) is 0 Å². The van der Waals surface area contributed by atoms with Crippen molar-refractivity contribution >= 4 is 17.5 Å². The van der Waals surface area contributed by atoms with E-state index in [1.54, 1.807) is 24.3 Å². The molecule has 2 rings (SSSR count). The van der Waals surface area contributed by atoms with Crippen LogP contribution >= 0.6 is 0 Å². The van der Waals surface area contributed by atoms with Crippen molar-refractivity contribution in [3.05, 3.63) is 41.7 Å². The third-order valence-corrected chi connectivity index (χ3v) is 2.21. The summed E-state index contributed by atoms with van der Waals surface area (Å²) in [6, 6.07) is 6.78. The average Bonchev–Trinajstić information content (AvgIpc) is 2.29. The highest BCUT2D eigenvalue weighted by atomic mass is 16.6. The Morgan fingerprint density at radius 2 is 1.88 bits per heavy atom. The van der Waals surface area contributed by atoms with Gasteiger partial charge >= 0.3 is 11.9 Å². The Morgan fingerprint density at radius 3 is 2.56 bits per heavy atom. The van der Waals surface area contributed by atoms with Crippen molar-refractivity contribution in [2.75, 3.05) is 6.61 Å². The molecule has 0 atom stereocenters. The van der Waals surface area contributed by atoms with Crippen LogP contribution in [0.25, 0.3) is 5.57 Å². The summed E-state index contributed by atoms with van der Waals surface area (Å²) in [7, 11) is 0. The van der Waals surface area contributed by atoms with Crippen LogP contribution in [-0.4, -0.2) is 18.5 Å². The zero-order valence-electron chi connectivity index (χ0n) is 8.73. The lowest BCUT2D eigenvalue weighted by Crippen LogP contribution is -2.22. The molecular formula is C12H10O4. The highest BCUT2D eigenvalue weighted by Gasteiger charge is 2.29. The molecule has 0 saturated heterocycles. The van der Waals surface area contributed by atoms with Crippen LogP contribution in [0.5, 0.6) is 0 Å². The van der Waals surface area contributed by atoms with Crippen LogP contribution in [0.15, 0.2) is 30.5 Å². The first-order valence-electron chi connectivity index (χ1n) is 4.91. The molecule has 1 aliphatic rings. The normalized spacial score (nSPS) is 16.9. The van der Waals surface area contributed by atoms with Crippen LogP contribution in [-0.2, 0) is 14.3 Å². The zero-order chi connectivity index (χ0) is 11.5. The second-order valence-electron chi connectivity index (χ2n) is 3.21. The predicted molar refractivity (Wildman–Crippen MR) is 56.5 cm³/mol. The molecule has 0 N–H and O–H groups in total. The number of hydrogen-bond donors (Lipinski definition) is 0. The van der Waals surface area contributed by atoms with Crippen molar-refractivity contribution in [3.63, 3.8) is 0 Å².